The number of aromatic hydroxyl groups is 1. The fourth-order valence-electron chi connectivity index (χ4n) is 3.79. The van der Waals surface area contributed by atoms with Crippen molar-refractivity contribution in [3.05, 3.63) is 46.2 Å². The Kier molecular flexibility index (Phi) is 4.17. The number of halogens is 1. The molecule has 0 unspecified atom stereocenters. The molecule has 7 nitrogen and oxygen atoms in total. The normalized spacial score (nSPS) is 17.4. The number of aromatic nitrogens is 3. The van der Waals surface area contributed by atoms with E-state index in [4.69, 9.17) is 9.72 Å². The molecule has 2 aliphatic heterocycles. The quantitative estimate of drug-likeness (QED) is 0.664. The van der Waals surface area contributed by atoms with Crippen LogP contribution in [0.1, 0.15) is 11.3 Å². The summed E-state index contributed by atoms with van der Waals surface area (Å²) in [5, 5.41) is 17.5. The summed E-state index contributed by atoms with van der Waals surface area (Å²) in [4.78, 5) is 7.14. The van der Waals surface area contributed by atoms with E-state index in [1.807, 2.05) is 16.8 Å². The van der Waals surface area contributed by atoms with E-state index in [1.165, 1.54) is 11.3 Å². The van der Waals surface area contributed by atoms with Gasteiger partial charge in [-0.3, -0.25) is 0 Å². The molecule has 0 bridgehead atoms. The van der Waals surface area contributed by atoms with Gasteiger partial charge < -0.3 is 20.1 Å². The second-order valence-electron chi connectivity index (χ2n) is 6.97. The van der Waals surface area contributed by atoms with E-state index >= 15 is 0 Å². The van der Waals surface area contributed by atoms with Crippen molar-refractivity contribution in [2.24, 2.45) is 0 Å². The maximum absolute atomic E-state index is 9.53. The Bertz CT molecular complexity index is 999. The van der Waals surface area contributed by atoms with Gasteiger partial charge in [0.05, 0.1) is 29.5 Å². The second kappa shape index (κ2) is 6.69. The van der Waals surface area contributed by atoms with Crippen molar-refractivity contribution in [3.63, 3.8) is 0 Å². The average molecular weight is 430 g/mol. The van der Waals surface area contributed by atoms with Crippen LogP contribution in [0.15, 0.2) is 34.9 Å². The SMILES string of the molecule is Oc1ccc(OC2CN(c3c4c(nc5ccnn35)CCNCC4)C2)c(Br)c1. The number of benzene rings is 1. The first kappa shape index (κ1) is 16.8. The summed E-state index contributed by atoms with van der Waals surface area (Å²) >= 11 is 3.45. The van der Waals surface area contributed by atoms with Crippen LogP contribution in [0, 0.1) is 0 Å². The molecule has 3 aromatic rings. The average Bonchev–Trinajstić information content (AvgIpc) is 2.95. The smallest absolute Gasteiger partial charge is 0.157 e. The Morgan fingerprint density at radius 1 is 1.19 bits per heavy atom. The molecule has 0 aliphatic carbocycles. The first-order chi connectivity index (χ1) is 13.2. The predicted molar refractivity (Wildman–Crippen MR) is 106 cm³/mol. The van der Waals surface area contributed by atoms with Crippen LogP contribution in [0.4, 0.5) is 5.82 Å². The molecule has 8 heteroatoms. The molecule has 1 aromatic carbocycles. The Morgan fingerprint density at radius 2 is 2.04 bits per heavy atom. The van der Waals surface area contributed by atoms with Gasteiger partial charge in [0.2, 0.25) is 0 Å². The van der Waals surface area contributed by atoms with Crippen LogP contribution in [0.5, 0.6) is 11.5 Å². The second-order valence-corrected chi connectivity index (χ2v) is 7.83. The molecule has 0 spiro atoms. The third kappa shape index (κ3) is 3.02. The van der Waals surface area contributed by atoms with Gasteiger partial charge in [-0.25, -0.2) is 4.98 Å². The van der Waals surface area contributed by atoms with Gasteiger partial charge in [-0.05, 0) is 47.1 Å². The number of rotatable bonds is 3. The molecule has 2 aliphatic rings. The molecule has 140 valence electrons. The first-order valence-corrected chi connectivity index (χ1v) is 9.94. The molecule has 4 heterocycles. The Morgan fingerprint density at radius 3 is 2.89 bits per heavy atom. The maximum Gasteiger partial charge on any atom is 0.157 e. The highest BCUT2D eigenvalue weighted by Gasteiger charge is 2.33. The van der Waals surface area contributed by atoms with E-state index in [2.05, 4.69) is 31.2 Å². The fraction of sp³-hybridized carbons (Fsp3) is 0.368. The molecule has 0 amide bonds. The molecule has 27 heavy (non-hydrogen) atoms. The van der Waals surface area contributed by atoms with Gasteiger partial charge in [-0.2, -0.15) is 9.61 Å². The predicted octanol–water partition coefficient (Wildman–Crippen LogP) is 2.15. The largest absolute Gasteiger partial charge is 0.508 e. The summed E-state index contributed by atoms with van der Waals surface area (Å²) in [5.74, 6) is 2.12. The third-order valence-electron chi connectivity index (χ3n) is 5.14. The van der Waals surface area contributed by atoms with Gasteiger partial charge in [-0.1, -0.05) is 0 Å². The van der Waals surface area contributed by atoms with Crippen LogP contribution < -0.4 is 15.0 Å². The van der Waals surface area contributed by atoms with Crippen molar-refractivity contribution >= 4 is 27.4 Å². The van der Waals surface area contributed by atoms with E-state index in [9.17, 15) is 5.11 Å². The lowest BCUT2D eigenvalue weighted by molar-refractivity contribution is 0.165. The van der Waals surface area contributed by atoms with Crippen molar-refractivity contribution < 1.29 is 9.84 Å². The monoisotopic (exact) mass is 429 g/mol. The zero-order valence-corrected chi connectivity index (χ0v) is 16.3. The maximum atomic E-state index is 9.53. The van der Waals surface area contributed by atoms with Gasteiger partial charge >= 0.3 is 0 Å². The van der Waals surface area contributed by atoms with Crippen molar-refractivity contribution in [2.45, 2.75) is 18.9 Å². The van der Waals surface area contributed by atoms with Crippen LogP contribution in [-0.4, -0.2) is 52.0 Å². The summed E-state index contributed by atoms with van der Waals surface area (Å²) in [6, 6.07) is 7.04. The lowest BCUT2D eigenvalue weighted by Crippen LogP contribution is -2.55. The summed E-state index contributed by atoms with van der Waals surface area (Å²) in [6.07, 6.45) is 3.81. The Balaban J connectivity index is 1.41. The lowest BCUT2D eigenvalue weighted by atomic mass is 10.1. The molecule has 1 saturated heterocycles. The Hall–Kier alpha value is -2.32. The highest BCUT2D eigenvalue weighted by atomic mass is 79.9. The van der Waals surface area contributed by atoms with E-state index < -0.39 is 0 Å². The highest BCUT2D eigenvalue weighted by Crippen LogP contribution is 2.33. The van der Waals surface area contributed by atoms with Gasteiger partial charge in [0.25, 0.3) is 0 Å². The number of nitrogens with one attached hydrogen (secondary N) is 1. The standard InChI is InChI=1S/C19H20BrN5O2/c20-15-9-12(26)1-2-17(15)27-13-10-24(11-13)19-14-3-6-21-7-4-16(14)23-18-5-8-22-25(18)19/h1-2,5,8-9,13,21,26H,3-4,6-7,10-11H2. The molecule has 5 rings (SSSR count). The molecular weight excluding hydrogens is 410 g/mol. The summed E-state index contributed by atoms with van der Waals surface area (Å²) < 4.78 is 8.81. The number of hydrogen-bond acceptors (Lipinski definition) is 6. The van der Waals surface area contributed by atoms with E-state index in [0.29, 0.717) is 0 Å². The number of nitrogens with zero attached hydrogens (tertiary/aromatic N) is 4. The van der Waals surface area contributed by atoms with Crippen molar-refractivity contribution in [2.75, 3.05) is 31.1 Å². The van der Waals surface area contributed by atoms with Crippen LogP contribution in [-0.2, 0) is 12.8 Å². The van der Waals surface area contributed by atoms with Crippen LogP contribution >= 0.6 is 15.9 Å². The van der Waals surface area contributed by atoms with Crippen molar-refractivity contribution in [1.29, 1.82) is 0 Å². The number of phenols is 1. The molecular formula is C19H20BrN5O2. The molecule has 0 atom stereocenters. The first-order valence-electron chi connectivity index (χ1n) is 9.15. The van der Waals surface area contributed by atoms with E-state index in [0.717, 1.165) is 60.7 Å². The summed E-state index contributed by atoms with van der Waals surface area (Å²) in [7, 11) is 0. The van der Waals surface area contributed by atoms with Gasteiger partial charge in [0.1, 0.15) is 23.4 Å². The van der Waals surface area contributed by atoms with Crippen LogP contribution in [0.3, 0.4) is 0 Å². The van der Waals surface area contributed by atoms with Gasteiger partial charge in [-0.15, -0.1) is 0 Å². The molecule has 2 aromatic heterocycles. The lowest BCUT2D eigenvalue weighted by Gasteiger charge is -2.41. The highest BCUT2D eigenvalue weighted by molar-refractivity contribution is 9.10. The van der Waals surface area contributed by atoms with Gasteiger partial charge in [0.15, 0.2) is 5.65 Å². The number of hydrogen-bond donors (Lipinski definition) is 2. The molecule has 1 fully saturated rings. The van der Waals surface area contributed by atoms with Crippen molar-refractivity contribution in [1.82, 2.24) is 19.9 Å². The van der Waals surface area contributed by atoms with Crippen LogP contribution in [0.25, 0.3) is 5.65 Å². The summed E-state index contributed by atoms with van der Waals surface area (Å²) in [5.41, 5.74) is 3.37. The van der Waals surface area contributed by atoms with E-state index in [-0.39, 0.29) is 11.9 Å². The summed E-state index contributed by atoms with van der Waals surface area (Å²) in [6.45, 7) is 3.52. The fourth-order valence-corrected chi connectivity index (χ4v) is 4.25. The van der Waals surface area contributed by atoms with Crippen LogP contribution in [0.2, 0.25) is 0 Å². The van der Waals surface area contributed by atoms with Gasteiger partial charge in [0, 0.05) is 24.6 Å². The zero-order valence-electron chi connectivity index (χ0n) is 14.7. The minimum Gasteiger partial charge on any atom is -0.508 e. The number of fused-ring (bicyclic) bond motifs is 2. The molecule has 0 radical (unpaired) electrons. The number of ether oxygens (including phenoxy) is 1. The zero-order chi connectivity index (χ0) is 18.4. The third-order valence-corrected chi connectivity index (χ3v) is 5.76. The minimum atomic E-state index is 0.101. The number of anilines is 1. The Labute approximate surface area is 165 Å². The van der Waals surface area contributed by atoms with Crippen molar-refractivity contribution in [3.8, 4) is 11.5 Å². The molecule has 2 N–H and O–H groups in total. The molecule has 0 saturated carbocycles. The topological polar surface area (TPSA) is 74.9 Å². The number of phenolic OH excluding ortho intramolecular Hbond substituents is 1. The van der Waals surface area contributed by atoms with E-state index in [1.54, 1.807) is 18.2 Å². The minimum absolute atomic E-state index is 0.101.